The lowest BCUT2D eigenvalue weighted by molar-refractivity contribution is -0.142. The summed E-state index contributed by atoms with van der Waals surface area (Å²) in [6.07, 6.45) is 4.94. The van der Waals surface area contributed by atoms with E-state index < -0.39 is 0 Å². The Morgan fingerprint density at radius 3 is 2.79 bits per heavy atom. The highest BCUT2D eigenvalue weighted by molar-refractivity contribution is 5.72. The number of ether oxygens (including phenoxy) is 2. The third kappa shape index (κ3) is 2.65. The van der Waals surface area contributed by atoms with Crippen LogP contribution in [0.1, 0.15) is 30.1 Å². The number of methoxy groups -OCH3 is 2. The van der Waals surface area contributed by atoms with Gasteiger partial charge in [-0.15, -0.1) is 0 Å². The molecule has 2 bridgehead atoms. The van der Waals surface area contributed by atoms with E-state index in [4.69, 9.17) is 14.6 Å². The first-order valence-corrected chi connectivity index (χ1v) is 9.52. The highest BCUT2D eigenvalue weighted by Gasteiger charge is 2.42. The van der Waals surface area contributed by atoms with Crippen LogP contribution in [0.5, 0.6) is 5.75 Å². The molecule has 2 aromatic heterocycles. The lowest BCUT2D eigenvalue weighted by atomic mass is 9.99. The molecule has 28 heavy (non-hydrogen) atoms. The van der Waals surface area contributed by atoms with E-state index in [0.29, 0.717) is 12.6 Å². The molecule has 2 aliphatic heterocycles. The largest absolute Gasteiger partial charge is 0.497 e. The van der Waals surface area contributed by atoms with E-state index in [1.54, 1.807) is 7.11 Å². The van der Waals surface area contributed by atoms with Crippen molar-refractivity contribution in [2.45, 2.75) is 31.3 Å². The molecule has 0 N–H and O–H groups in total. The van der Waals surface area contributed by atoms with E-state index in [1.807, 2.05) is 41.0 Å². The third-order valence-corrected chi connectivity index (χ3v) is 5.97. The number of rotatable bonds is 4. The van der Waals surface area contributed by atoms with Gasteiger partial charge in [0, 0.05) is 41.9 Å². The standard InChI is InChI=1S/C21H22N4O3/c1-27-15-6-3-13(4-7-15)17-10-20-22-11-16-18-8-5-14(9-19(16)25(20)23-17)24(18)12-21(26)28-2/h3-4,6-7,10-11,14,18H,5,8-9,12H2,1-2H3/t14-,18+/m1/s1. The van der Waals surface area contributed by atoms with Crippen LogP contribution in [0.15, 0.2) is 36.5 Å². The minimum absolute atomic E-state index is 0.185. The van der Waals surface area contributed by atoms with Gasteiger partial charge in [0.15, 0.2) is 5.65 Å². The monoisotopic (exact) mass is 378 g/mol. The third-order valence-electron chi connectivity index (χ3n) is 5.97. The van der Waals surface area contributed by atoms with Gasteiger partial charge in [0.25, 0.3) is 0 Å². The fraction of sp³-hybridized carbons (Fsp3) is 0.381. The van der Waals surface area contributed by atoms with Gasteiger partial charge < -0.3 is 9.47 Å². The minimum Gasteiger partial charge on any atom is -0.497 e. The first kappa shape index (κ1) is 17.2. The number of aromatic nitrogens is 3. The van der Waals surface area contributed by atoms with Gasteiger partial charge in [-0.25, -0.2) is 9.50 Å². The van der Waals surface area contributed by atoms with E-state index in [-0.39, 0.29) is 12.0 Å². The number of carbonyl (C=O) groups excluding carboxylic acids is 1. The number of hydrogen-bond donors (Lipinski definition) is 0. The van der Waals surface area contributed by atoms with Crippen molar-refractivity contribution in [3.05, 3.63) is 47.8 Å². The molecule has 7 nitrogen and oxygen atoms in total. The second-order valence-corrected chi connectivity index (χ2v) is 7.39. The van der Waals surface area contributed by atoms with Crippen LogP contribution in [0.4, 0.5) is 0 Å². The second-order valence-electron chi connectivity index (χ2n) is 7.39. The highest BCUT2D eigenvalue weighted by atomic mass is 16.5. The summed E-state index contributed by atoms with van der Waals surface area (Å²) in [7, 11) is 3.10. The van der Waals surface area contributed by atoms with Gasteiger partial charge in [-0.05, 0) is 37.1 Å². The first-order chi connectivity index (χ1) is 13.7. The fourth-order valence-corrected chi connectivity index (χ4v) is 4.55. The molecule has 5 rings (SSSR count). The number of nitrogens with zero attached hydrogens (tertiary/aromatic N) is 4. The number of benzene rings is 1. The summed E-state index contributed by atoms with van der Waals surface area (Å²) in [5, 5.41) is 4.85. The summed E-state index contributed by atoms with van der Waals surface area (Å²) >= 11 is 0. The number of carbonyl (C=O) groups is 1. The molecular formula is C21H22N4O3. The summed E-state index contributed by atoms with van der Waals surface area (Å²) in [6, 6.07) is 10.5. The topological polar surface area (TPSA) is 69.0 Å². The Bertz CT molecular complexity index is 1040. The molecule has 1 fully saturated rings. The van der Waals surface area contributed by atoms with Crippen molar-refractivity contribution in [3.8, 4) is 17.0 Å². The smallest absolute Gasteiger partial charge is 0.319 e. The molecule has 7 heteroatoms. The predicted octanol–water partition coefficient (Wildman–Crippen LogP) is 2.64. The van der Waals surface area contributed by atoms with E-state index in [9.17, 15) is 4.79 Å². The zero-order valence-electron chi connectivity index (χ0n) is 16.0. The van der Waals surface area contributed by atoms with Crippen molar-refractivity contribution in [2.75, 3.05) is 20.8 Å². The van der Waals surface area contributed by atoms with E-state index in [2.05, 4.69) is 9.88 Å². The van der Waals surface area contributed by atoms with Crippen molar-refractivity contribution in [1.29, 1.82) is 0 Å². The minimum atomic E-state index is -0.185. The van der Waals surface area contributed by atoms with Gasteiger partial charge >= 0.3 is 5.97 Å². The van der Waals surface area contributed by atoms with Crippen LogP contribution in [-0.2, 0) is 16.0 Å². The Morgan fingerprint density at radius 1 is 1.21 bits per heavy atom. The molecule has 2 aliphatic rings. The predicted molar refractivity (Wildman–Crippen MR) is 103 cm³/mol. The maximum absolute atomic E-state index is 11.8. The SMILES string of the molecule is COC(=O)CN1[C@@H]2CC[C@H]1c1cnc3cc(-c4ccc(OC)cc4)nn3c1C2. The van der Waals surface area contributed by atoms with Crippen molar-refractivity contribution < 1.29 is 14.3 Å². The van der Waals surface area contributed by atoms with Gasteiger partial charge in [0.1, 0.15) is 5.75 Å². The maximum atomic E-state index is 11.8. The Hall–Kier alpha value is -2.93. The average Bonchev–Trinajstić information content (AvgIpc) is 3.28. The zero-order valence-corrected chi connectivity index (χ0v) is 16.0. The van der Waals surface area contributed by atoms with Crippen LogP contribution in [0.3, 0.4) is 0 Å². The molecule has 0 aliphatic carbocycles. The van der Waals surface area contributed by atoms with Gasteiger partial charge in [-0.3, -0.25) is 9.69 Å². The zero-order chi connectivity index (χ0) is 19.3. The fourth-order valence-electron chi connectivity index (χ4n) is 4.55. The van der Waals surface area contributed by atoms with E-state index in [0.717, 1.165) is 41.9 Å². The van der Waals surface area contributed by atoms with Gasteiger partial charge in [0.2, 0.25) is 0 Å². The quantitative estimate of drug-likeness (QED) is 0.650. The van der Waals surface area contributed by atoms with Crippen LogP contribution >= 0.6 is 0 Å². The van der Waals surface area contributed by atoms with Crippen molar-refractivity contribution in [2.24, 2.45) is 0 Å². The summed E-state index contributed by atoms with van der Waals surface area (Å²) in [4.78, 5) is 18.7. The molecule has 3 aromatic rings. The van der Waals surface area contributed by atoms with E-state index >= 15 is 0 Å². The lowest BCUT2D eigenvalue weighted by Crippen LogP contribution is -2.41. The Morgan fingerprint density at radius 2 is 2.04 bits per heavy atom. The second kappa shape index (κ2) is 6.60. The molecule has 144 valence electrons. The lowest BCUT2D eigenvalue weighted by Gasteiger charge is -2.35. The maximum Gasteiger partial charge on any atom is 0.319 e. The molecule has 0 radical (unpaired) electrons. The Balaban J connectivity index is 1.53. The molecule has 1 saturated heterocycles. The summed E-state index contributed by atoms with van der Waals surface area (Å²) in [6.45, 7) is 0.333. The van der Waals surface area contributed by atoms with Crippen LogP contribution in [0.2, 0.25) is 0 Å². The van der Waals surface area contributed by atoms with E-state index in [1.165, 1.54) is 18.4 Å². The Labute approximate surface area is 162 Å². The molecular weight excluding hydrogens is 356 g/mol. The van der Waals surface area contributed by atoms with Crippen LogP contribution < -0.4 is 4.74 Å². The van der Waals surface area contributed by atoms with Crippen molar-refractivity contribution in [1.82, 2.24) is 19.5 Å². The summed E-state index contributed by atoms with van der Waals surface area (Å²) < 4.78 is 12.1. The Kier molecular flexibility index (Phi) is 4.05. The van der Waals surface area contributed by atoms with Gasteiger partial charge in [-0.2, -0.15) is 5.10 Å². The van der Waals surface area contributed by atoms with Crippen molar-refractivity contribution >= 4 is 11.6 Å². The molecule has 0 unspecified atom stereocenters. The molecule has 2 atom stereocenters. The summed E-state index contributed by atoms with van der Waals surface area (Å²) in [5.41, 5.74) is 5.16. The number of hydrogen-bond acceptors (Lipinski definition) is 6. The first-order valence-electron chi connectivity index (χ1n) is 9.52. The van der Waals surface area contributed by atoms with Gasteiger partial charge in [-0.1, -0.05) is 0 Å². The molecule has 0 saturated carbocycles. The summed E-state index contributed by atoms with van der Waals surface area (Å²) in [5.74, 6) is 0.639. The number of fused-ring (bicyclic) bond motifs is 6. The van der Waals surface area contributed by atoms with Crippen LogP contribution in [0, 0.1) is 0 Å². The molecule has 1 aromatic carbocycles. The van der Waals surface area contributed by atoms with Crippen LogP contribution in [-0.4, -0.2) is 52.3 Å². The molecule has 4 heterocycles. The van der Waals surface area contributed by atoms with Crippen LogP contribution in [0.25, 0.3) is 16.9 Å². The van der Waals surface area contributed by atoms with Crippen molar-refractivity contribution in [3.63, 3.8) is 0 Å². The highest BCUT2D eigenvalue weighted by Crippen LogP contribution is 2.43. The number of esters is 1. The molecule has 0 spiro atoms. The normalized spacial score (nSPS) is 20.9. The van der Waals surface area contributed by atoms with Gasteiger partial charge in [0.05, 0.1) is 32.2 Å². The average molecular weight is 378 g/mol. The molecule has 0 amide bonds.